The Hall–Kier alpha value is -3.35. The number of anilines is 2. The van der Waals surface area contributed by atoms with Crippen molar-refractivity contribution in [2.45, 2.75) is 62.3 Å². The first-order valence-corrected chi connectivity index (χ1v) is 21.0. The van der Waals surface area contributed by atoms with Crippen LogP contribution in [0.15, 0.2) is 82.6 Å². The molecule has 49 heavy (non-hydrogen) atoms. The molecule has 0 spiro atoms. The molecule has 2 amide bonds. The van der Waals surface area contributed by atoms with E-state index >= 15 is 0 Å². The highest BCUT2D eigenvalue weighted by Crippen LogP contribution is 2.47. The van der Waals surface area contributed by atoms with Crippen molar-refractivity contribution in [2.75, 3.05) is 43.0 Å². The van der Waals surface area contributed by atoms with Gasteiger partial charge in [0, 0.05) is 23.7 Å². The van der Waals surface area contributed by atoms with Gasteiger partial charge in [-0.05, 0) is 49.8 Å². The molecule has 0 saturated heterocycles. The van der Waals surface area contributed by atoms with Gasteiger partial charge in [-0.25, -0.2) is 8.42 Å². The molecule has 4 rings (SSSR count). The third-order valence-corrected chi connectivity index (χ3v) is 12.6. The average molecular weight is 732 g/mol. The van der Waals surface area contributed by atoms with Crippen LogP contribution in [0.3, 0.4) is 0 Å². The summed E-state index contributed by atoms with van der Waals surface area (Å²) in [5.74, 6) is -1.14. The number of carbonyl (C=O) groups is 2. The van der Waals surface area contributed by atoms with Gasteiger partial charge in [0.25, 0.3) is 5.91 Å². The lowest BCUT2D eigenvalue weighted by Gasteiger charge is -2.36. The maximum atomic E-state index is 14.2. The summed E-state index contributed by atoms with van der Waals surface area (Å²) < 4.78 is 51.3. The van der Waals surface area contributed by atoms with Gasteiger partial charge in [0.15, 0.2) is 16.4 Å². The van der Waals surface area contributed by atoms with E-state index < -0.39 is 53.6 Å². The number of thioether (sulfide) groups is 1. The van der Waals surface area contributed by atoms with Crippen molar-refractivity contribution in [2.24, 2.45) is 5.41 Å². The molecule has 0 radical (unpaired) electrons. The van der Waals surface area contributed by atoms with Gasteiger partial charge < -0.3 is 29.7 Å². The molecule has 0 saturated carbocycles. The van der Waals surface area contributed by atoms with E-state index in [1.165, 1.54) is 17.8 Å². The van der Waals surface area contributed by atoms with Gasteiger partial charge in [-0.3, -0.25) is 14.2 Å². The lowest BCUT2D eigenvalue weighted by Crippen LogP contribution is -2.42. The van der Waals surface area contributed by atoms with Crippen molar-refractivity contribution < 1.29 is 36.7 Å². The van der Waals surface area contributed by atoms with E-state index in [9.17, 15) is 27.5 Å². The highest BCUT2D eigenvalue weighted by atomic mass is 32.2. The molecule has 2 unspecified atom stereocenters. The number of sulfone groups is 1. The Morgan fingerprint density at radius 1 is 1.06 bits per heavy atom. The second-order valence-corrected chi connectivity index (χ2v) is 16.7. The average Bonchev–Trinajstić information content (AvgIpc) is 3.19. The van der Waals surface area contributed by atoms with Crippen LogP contribution in [0.25, 0.3) is 0 Å². The van der Waals surface area contributed by atoms with Crippen LogP contribution in [0, 0.1) is 5.41 Å². The monoisotopic (exact) mass is 731 g/mol. The summed E-state index contributed by atoms with van der Waals surface area (Å²) in [4.78, 5) is 39.2. The molecular formula is C35H46N3O8PS2. The Morgan fingerprint density at radius 2 is 1.73 bits per heavy atom. The van der Waals surface area contributed by atoms with Gasteiger partial charge in [0.2, 0.25) is 5.91 Å². The quantitative estimate of drug-likeness (QED) is 0.111. The van der Waals surface area contributed by atoms with Crippen molar-refractivity contribution in [3.63, 3.8) is 0 Å². The zero-order chi connectivity index (χ0) is 35.7. The Balaban J connectivity index is 1.63. The summed E-state index contributed by atoms with van der Waals surface area (Å²) in [6, 6.07) is 20.3. The molecule has 14 heteroatoms. The predicted molar refractivity (Wildman–Crippen MR) is 193 cm³/mol. The third kappa shape index (κ3) is 9.88. The van der Waals surface area contributed by atoms with Crippen LogP contribution in [-0.2, 0) is 28.5 Å². The topological polar surface area (TPSA) is 151 Å². The van der Waals surface area contributed by atoms with E-state index in [4.69, 9.17) is 9.26 Å². The highest BCUT2D eigenvalue weighted by Gasteiger charge is 2.42. The number of nitrogens with zero attached hydrogens (tertiary/aromatic N) is 1. The fourth-order valence-corrected chi connectivity index (χ4v) is 9.54. The maximum absolute atomic E-state index is 14.2. The van der Waals surface area contributed by atoms with Crippen LogP contribution in [0.1, 0.15) is 58.1 Å². The van der Waals surface area contributed by atoms with Crippen LogP contribution >= 0.6 is 19.4 Å². The summed E-state index contributed by atoms with van der Waals surface area (Å²) in [5.41, 5.74) is 1.43. The number of para-hydroxylation sites is 1. The van der Waals surface area contributed by atoms with E-state index in [1.807, 2.05) is 42.7 Å². The summed E-state index contributed by atoms with van der Waals surface area (Å²) >= 11 is 1.37. The van der Waals surface area contributed by atoms with Gasteiger partial charge in [-0.1, -0.05) is 75.2 Å². The van der Waals surface area contributed by atoms with E-state index in [-0.39, 0.29) is 23.0 Å². The van der Waals surface area contributed by atoms with Crippen LogP contribution in [0.5, 0.6) is 5.75 Å². The molecule has 1 aliphatic heterocycles. The van der Waals surface area contributed by atoms with Gasteiger partial charge in [-0.15, -0.1) is 11.8 Å². The molecule has 0 aromatic heterocycles. The molecular weight excluding hydrogens is 686 g/mol. The molecule has 0 fully saturated rings. The van der Waals surface area contributed by atoms with Gasteiger partial charge in [0.05, 0.1) is 27.8 Å². The van der Waals surface area contributed by atoms with Crippen LogP contribution < -0.4 is 20.3 Å². The third-order valence-electron chi connectivity index (χ3n) is 8.58. The zero-order valence-corrected chi connectivity index (χ0v) is 30.9. The second-order valence-electron chi connectivity index (χ2n) is 12.1. The molecule has 3 aromatic carbocycles. The van der Waals surface area contributed by atoms with Crippen molar-refractivity contribution in [3.8, 4) is 5.75 Å². The van der Waals surface area contributed by atoms with E-state index in [0.29, 0.717) is 29.1 Å². The summed E-state index contributed by atoms with van der Waals surface area (Å²) in [6.45, 7) is 5.73. The summed E-state index contributed by atoms with van der Waals surface area (Å²) in [7, 11) is -7.84. The molecule has 1 aliphatic rings. The standard InChI is InChI=1S/C35H46N3O8PS2/c1-5-8-19-35(6-2)23-38(27-17-13-10-14-18-27)28-20-30(48-4)29(21-31(28)49(43,44)24-35)45-22-32(39)37-33(26-15-11-9-12-16-26)34(40)36-25-47(41,42)46-7-3/h9-18,20-21,33H,5-8,19,22-25H2,1-4H3,(H,36,40)(H,37,39)(H,41,42)/t33-,35?/m1/s1. The first-order chi connectivity index (χ1) is 23.4. The molecule has 3 atom stereocenters. The van der Waals surface area contributed by atoms with Crippen LogP contribution in [0.2, 0.25) is 0 Å². The SMILES string of the molecule is CCCCC1(CC)CN(c2ccccc2)c2cc(SC)c(OCC(=O)N[C@@H](C(=O)NCP(=O)(O)OCC)c3ccccc3)cc2S(=O)(=O)C1. The second kappa shape index (κ2) is 17.0. The summed E-state index contributed by atoms with van der Waals surface area (Å²) in [5, 5.41) is 5.03. The molecule has 1 heterocycles. The largest absolute Gasteiger partial charge is 0.483 e. The Labute approximate surface area is 293 Å². The number of hydrogen-bond donors (Lipinski definition) is 3. The van der Waals surface area contributed by atoms with Crippen molar-refractivity contribution in [1.82, 2.24) is 10.6 Å². The molecule has 266 valence electrons. The van der Waals surface area contributed by atoms with E-state index in [1.54, 1.807) is 37.3 Å². The highest BCUT2D eigenvalue weighted by molar-refractivity contribution is 7.98. The lowest BCUT2D eigenvalue weighted by molar-refractivity contribution is -0.130. The molecule has 3 aromatic rings. The first kappa shape index (κ1) is 38.5. The minimum absolute atomic E-state index is 0.00944. The smallest absolute Gasteiger partial charge is 0.347 e. The Bertz CT molecular complexity index is 1740. The minimum atomic E-state index is -4.06. The molecule has 0 aliphatic carbocycles. The van der Waals surface area contributed by atoms with Crippen molar-refractivity contribution in [3.05, 3.63) is 78.4 Å². The number of benzene rings is 3. The number of rotatable bonds is 16. The van der Waals surface area contributed by atoms with Crippen LogP contribution in [0.4, 0.5) is 11.4 Å². The fourth-order valence-electron chi connectivity index (χ4n) is 5.96. The number of fused-ring (bicyclic) bond motifs is 1. The lowest BCUT2D eigenvalue weighted by atomic mass is 9.81. The number of carbonyl (C=O) groups excluding carboxylic acids is 2. The fraction of sp³-hybridized carbons (Fsp3) is 0.429. The zero-order valence-electron chi connectivity index (χ0n) is 28.4. The molecule has 11 nitrogen and oxygen atoms in total. The summed E-state index contributed by atoms with van der Waals surface area (Å²) in [6.07, 6.45) is 4.55. The van der Waals surface area contributed by atoms with Gasteiger partial charge >= 0.3 is 7.60 Å². The predicted octanol–water partition coefficient (Wildman–Crippen LogP) is 6.45. The maximum Gasteiger partial charge on any atom is 0.347 e. The van der Waals surface area contributed by atoms with Gasteiger partial charge in [0.1, 0.15) is 18.1 Å². The van der Waals surface area contributed by atoms with E-state index in [2.05, 4.69) is 29.4 Å². The number of nitrogens with one attached hydrogen (secondary N) is 2. The normalized spacial score (nSPS) is 18.8. The van der Waals surface area contributed by atoms with E-state index in [0.717, 1.165) is 24.9 Å². The minimum Gasteiger partial charge on any atom is -0.483 e. The Kier molecular flexibility index (Phi) is 13.4. The number of ether oxygens (including phenoxy) is 1. The molecule has 3 N–H and O–H groups in total. The van der Waals surface area contributed by atoms with Crippen LogP contribution in [-0.4, -0.2) is 63.2 Å². The number of amides is 2. The first-order valence-electron chi connectivity index (χ1n) is 16.4. The number of hydrogen-bond acceptors (Lipinski definition) is 9. The van der Waals surface area contributed by atoms with Crippen molar-refractivity contribution >= 4 is 52.4 Å². The molecule has 0 bridgehead atoms. The number of unbranched alkanes of at least 4 members (excludes halogenated alkanes) is 1. The Morgan fingerprint density at radius 3 is 2.35 bits per heavy atom. The van der Waals surface area contributed by atoms with Gasteiger partial charge in [-0.2, -0.15) is 0 Å². The van der Waals surface area contributed by atoms with Crippen molar-refractivity contribution in [1.29, 1.82) is 0 Å².